The Morgan fingerprint density at radius 3 is 2.38 bits per heavy atom. The van der Waals surface area contributed by atoms with E-state index in [1.165, 1.54) is 0 Å². The van der Waals surface area contributed by atoms with Gasteiger partial charge in [0.1, 0.15) is 5.54 Å². The van der Waals surface area contributed by atoms with Crippen LogP contribution in [0.25, 0.3) is 0 Å². The van der Waals surface area contributed by atoms with Gasteiger partial charge in [-0.1, -0.05) is 0 Å². The van der Waals surface area contributed by atoms with Crippen molar-refractivity contribution in [2.45, 2.75) is 5.54 Å². The number of nitrogens with two attached hydrogens (primary N) is 1. The van der Waals surface area contributed by atoms with Gasteiger partial charge in [-0.15, -0.1) is 0 Å². The van der Waals surface area contributed by atoms with Gasteiger partial charge >= 0.3 is 0 Å². The number of hydrogen-bond acceptors (Lipinski definition) is 4. The number of nitrogens with one attached hydrogen (secondary N) is 1. The molecule has 2 fully saturated rings. The van der Waals surface area contributed by atoms with Crippen LogP contribution in [0.15, 0.2) is 0 Å². The van der Waals surface area contributed by atoms with Gasteiger partial charge < -0.3 is 15.8 Å². The average molecular weight is 185 g/mol. The van der Waals surface area contributed by atoms with Crippen LogP contribution in [0.1, 0.15) is 0 Å². The number of nitrogens with zero attached hydrogens (tertiary/aromatic N) is 1. The molecule has 2 heterocycles. The molecule has 0 saturated carbocycles. The maximum atomic E-state index is 11.3. The number of rotatable bonds is 2. The molecule has 0 aliphatic carbocycles. The number of ether oxygens (including phenoxy) is 1. The summed E-state index contributed by atoms with van der Waals surface area (Å²) in [6.45, 7) is 4.54. The topological polar surface area (TPSA) is 67.6 Å². The van der Waals surface area contributed by atoms with E-state index in [1.807, 2.05) is 0 Å². The van der Waals surface area contributed by atoms with E-state index in [1.54, 1.807) is 0 Å². The predicted molar refractivity (Wildman–Crippen MR) is 47.2 cm³/mol. The fourth-order valence-corrected chi connectivity index (χ4v) is 1.87. The third kappa shape index (κ3) is 1.33. The summed E-state index contributed by atoms with van der Waals surface area (Å²) < 4.78 is 5.09. The van der Waals surface area contributed by atoms with Crippen molar-refractivity contribution < 1.29 is 9.53 Å². The number of amides is 1. The van der Waals surface area contributed by atoms with Crippen LogP contribution in [0.5, 0.6) is 0 Å². The van der Waals surface area contributed by atoms with Crippen molar-refractivity contribution in [3.05, 3.63) is 0 Å². The van der Waals surface area contributed by atoms with E-state index in [9.17, 15) is 4.79 Å². The lowest BCUT2D eigenvalue weighted by molar-refractivity contribution is -0.168. The van der Waals surface area contributed by atoms with E-state index in [-0.39, 0.29) is 5.91 Å². The quantitative estimate of drug-likeness (QED) is 0.530. The Bertz CT molecular complexity index is 209. The second kappa shape index (κ2) is 3.25. The summed E-state index contributed by atoms with van der Waals surface area (Å²) in [6.07, 6.45) is 0. The van der Waals surface area contributed by atoms with Gasteiger partial charge in [0.05, 0.1) is 13.2 Å². The second-order valence-corrected chi connectivity index (χ2v) is 3.63. The lowest BCUT2D eigenvalue weighted by atomic mass is 9.93. The SMILES string of the molecule is NC(=O)C1(N2CCNCC2)COC1. The molecule has 2 aliphatic heterocycles. The predicted octanol–water partition coefficient (Wildman–Crippen LogP) is -1.85. The van der Waals surface area contributed by atoms with E-state index in [4.69, 9.17) is 10.5 Å². The van der Waals surface area contributed by atoms with Crippen LogP contribution < -0.4 is 11.1 Å². The number of carbonyl (C=O) groups is 1. The Labute approximate surface area is 77.2 Å². The minimum atomic E-state index is -0.498. The minimum absolute atomic E-state index is 0.249. The molecule has 5 nitrogen and oxygen atoms in total. The molecular weight excluding hydrogens is 170 g/mol. The van der Waals surface area contributed by atoms with Crippen molar-refractivity contribution in [2.24, 2.45) is 5.73 Å². The Morgan fingerprint density at radius 2 is 2.00 bits per heavy atom. The Balaban J connectivity index is 2.06. The fourth-order valence-electron chi connectivity index (χ4n) is 1.87. The summed E-state index contributed by atoms with van der Waals surface area (Å²) in [4.78, 5) is 13.4. The van der Waals surface area contributed by atoms with Crippen molar-refractivity contribution in [3.63, 3.8) is 0 Å². The van der Waals surface area contributed by atoms with E-state index >= 15 is 0 Å². The molecule has 74 valence electrons. The van der Waals surface area contributed by atoms with Crippen molar-refractivity contribution in [3.8, 4) is 0 Å². The maximum absolute atomic E-state index is 11.3. The molecule has 0 unspecified atom stereocenters. The fraction of sp³-hybridized carbons (Fsp3) is 0.875. The first-order chi connectivity index (χ1) is 6.26. The summed E-state index contributed by atoms with van der Waals surface area (Å²) in [5, 5.41) is 3.24. The summed E-state index contributed by atoms with van der Waals surface area (Å²) >= 11 is 0. The molecule has 0 aromatic rings. The van der Waals surface area contributed by atoms with E-state index in [2.05, 4.69) is 10.2 Å². The van der Waals surface area contributed by atoms with E-state index in [0.717, 1.165) is 26.2 Å². The van der Waals surface area contributed by atoms with Gasteiger partial charge in [-0.05, 0) is 0 Å². The Kier molecular flexibility index (Phi) is 2.23. The second-order valence-electron chi connectivity index (χ2n) is 3.63. The maximum Gasteiger partial charge on any atom is 0.242 e. The third-order valence-electron chi connectivity index (χ3n) is 2.86. The average Bonchev–Trinajstić information content (AvgIpc) is 2.03. The van der Waals surface area contributed by atoms with Gasteiger partial charge in [0.25, 0.3) is 0 Å². The molecule has 0 atom stereocenters. The van der Waals surface area contributed by atoms with Crippen LogP contribution in [0.4, 0.5) is 0 Å². The zero-order valence-electron chi connectivity index (χ0n) is 7.58. The molecule has 0 aromatic heterocycles. The van der Waals surface area contributed by atoms with Crippen molar-refractivity contribution >= 4 is 5.91 Å². The molecule has 0 spiro atoms. The number of hydrogen-bond donors (Lipinski definition) is 2. The summed E-state index contributed by atoms with van der Waals surface area (Å²) in [5.74, 6) is -0.249. The zero-order chi connectivity index (χ0) is 9.31. The Morgan fingerprint density at radius 1 is 1.38 bits per heavy atom. The Hall–Kier alpha value is -0.650. The van der Waals surface area contributed by atoms with Gasteiger partial charge in [-0.25, -0.2) is 0 Å². The first-order valence-electron chi connectivity index (χ1n) is 4.59. The van der Waals surface area contributed by atoms with Gasteiger partial charge in [0, 0.05) is 26.2 Å². The van der Waals surface area contributed by atoms with Crippen LogP contribution in [0.3, 0.4) is 0 Å². The monoisotopic (exact) mass is 185 g/mol. The number of carbonyl (C=O) groups excluding carboxylic acids is 1. The summed E-state index contributed by atoms with van der Waals surface area (Å²) in [6, 6.07) is 0. The summed E-state index contributed by atoms with van der Waals surface area (Å²) in [7, 11) is 0. The van der Waals surface area contributed by atoms with Crippen molar-refractivity contribution in [2.75, 3.05) is 39.4 Å². The third-order valence-corrected chi connectivity index (χ3v) is 2.86. The highest BCUT2D eigenvalue weighted by Gasteiger charge is 2.49. The highest BCUT2D eigenvalue weighted by atomic mass is 16.5. The molecule has 0 radical (unpaired) electrons. The molecule has 0 aromatic carbocycles. The molecule has 2 saturated heterocycles. The van der Waals surface area contributed by atoms with Gasteiger partial charge in [0.15, 0.2) is 0 Å². The normalized spacial score (nSPS) is 28.0. The summed E-state index contributed by atoms with van der Waals surface area (Å²) in [5.41, 5.74) is 4.88. The molecule has 1 amide bonds. The largest absolute Gasteiger partial charge is 0.376 e. The standard InChI is InChI=1S/C8H15N3O2/c9-7(12)8(5-13-6-8)11-3-1-10-2-4-11/h10H,1-6H2,(H2,9,12). The number of piperazine rings is 1. The van der Waals surface area contributed by atoms with Crippen LogP contribution in [-0.4, -0.2) is 55.7 Å². The van der Waals surface area contributed by atoms with Crippen LogP contribution in [0, 0.1) is 0 Å². The molecule has 0 bridgehead atoms. The lowest BCUT2D eigenvalue weighted by Crippen LogP contribution is -2.71. The van der Waals surface area contributed by atoms with Gasteiger partial charge in [0.2, 0.25) is 5.91 Å². The van der Waals surface area contributed by atoms with Crippen LogP contribution in [0.2, 0.25) is 0 Å². The highest BCUT2D eigenvalue weighted by Crippen LogP contribution is 2.24. The lowest BCUT2D eigenvalue weighted by Gasteiger charge is -2.48. The minimum Gasteiger partial charge on any atom is -0.376 e. The first-order valence-corrected chi connectivity index (χ1v) is 4.59. The zero-order valence-corrected chi connectivity index (χ0v) is 7.58. The smallest absolute Gasteiger partial charge is 0.242 e. The molecule has 13 heavy (non-hydrogen) atoms. The van der Waals surface area contributed by atoms with Gasteiger partial charge in [-0.2, -0.15) is 0 Å². The van der Waals surface area contributed by atoms with Crippen LogP contribution in [-0.2, 0) is 9.53 Å². The van der Waals surface area contributed by atoms with E-state index < -0.39 is 5.54 Å². The molecule has 3 N–H and O–H groups in total. The van der Waals surface area contributed by atoms with Crippen molar-refractivity contribution in [1.82, 2.24) is 10.2 Å². The molecular formula is C8H15N3O2. The van der Waals surface area contributed by atoms with Crippen molar-refractivity contribution in [1.29, 1.82) is 0 Å². The molecule has 2 aliphatic rings. The van der Waals surface area contributed by atoms with Crippen LogP contribution >= 0.6 is 0 Å². The molecule has 5 heteroatoms. The van der Waals surface area contributed by atoms with E-state index in [0.29, 0.717) is 13.2 Å². The first kappa shape index (κ1) is 8.93. The highest BCUT2D eigenvalue weighted by molar-refractivity contribution is 5.86. The number of primary amides is 1. The molecule has 2 rings (SSSR count). The van der Waals surface area contributed by atoms with Gasteiger partial charge in [-0.3, -0.25) is 9.69 Å².